The molecular formula is C18H26BNO5. The number of carbonyl (C=O) groups is 2. The van der Waals surface area contributed by atoms with Crippen LogP contribution < -0.4 is 5.32 Å². The van der Waals surface area contributed by atoms with Gasteiger partial charge in [0.25, 0.3) is 5.91 Å². The van der Waals surface area contributed by atoms with Gasteiger partial charge < -0.3 is 19.4 Å². The Hall–Kier alpha value is -1.86. The van der Waals surface area contributed by atoms with Crippen molar-refractivity contribution in [3.05, 3.63) is 35.9 Å². The predicted octanol–water partition coefficient (Wildman–Crippen LogP) is 2.37. The number of esters is 1. The molecule has 1 aromatic carbocycles. The number of rotatable bonds is 6. The smallest absolute Gasteiger partial charge is 0.466 e. The monoisotopic (exact) mass is 347 g/mol. The van der Waals surface area contributed by atoms with E-state index in [4.69, 9.17) is 14.0 Å². The van der Waals surface area contributed by atoms with Crippen molar-refractivity contribution in [3.63, 3.8) is 0 Å². The quantitative estimate of drug-likeness (QED) is 0.632. The SMILES string of the molecule is CCOC(=O)C[C@H](NC(=O)c1ccccc1)B1OC(C)(C)C(C)(C)O1. The maximum atomic E-state index is 12.5. The Labute approximate surface area is 149 Å². The third kappa shape index (κ3) is 4.61. The first-order valence-electron chi connectivity index (χ1n) is 8.53. The third-order valence-corrected chi connectivity index (χ3v) is 4.64. The molecule has 1 amide bonds. The van der Waals surface area contributed by atoms with Crippen LogP contribution in [-0.2, 0) is 18.8 Å². The first-order chi connectivity index (χ1) is 11.7. The van der Waals surface area contributed by atoms with Crippen molar-refractivity contribution < 1.29 is 23.6 Å². The standard InChI is InChI=1S/C18H26BNO5/c1-6-23-15(21)12-14(19-24-17(2,3)18(4,5)25-19)20-16(22)13-10-8-7-9-11-13/h7-11,14H,6,12H2,1-5H3,(H,20,22)/t14-/m0/s1. The highest BCUT2D eigenvalue weighted by atomic mass is 16.7. The summed E-state index contributed by atoms with van der Waals surface area (Å²) in [5.41, 5.74) is -0.600. The van der Waals surface area contributed by atoms with E-state index in [1.54, 1.807) is 31.2 Å². The van der Waals surface area contributed by atoms with Crippen molar-refractivity contribution in [3.8, 4) is 0 Å². The first-order valence-corrected chi connectivity index (χ1v) is 8.53. The molecule has 1 N–H and O–H groups in total. The Morgan fingerprint density at radius 3 is 2.20 bits per heavy atom. The molecule has 0 saturated carbocycles. The minimum Gasteiger partial charge on any atom is -0.466 e. The second-order valence-corrected chi connectivity index (χ2v) is 7.08. The van der Waals surface area contributed by atoms with Crippen LogP contribution in [0.5, 0.6) is 0 Å². The predicted molar refractivity (Wildman–Crippen MR) is 95.0 cm³/mol. The molecule has 1 aliphatic rings. The van der Waals surface area contributed by atoms with Crippen molar-refractivity contribution in [2.75, 3.05) is 6.61 Å². The molecule has 7 heteroatoms. The summed E-state index contributed by atoms with van der Waals surface area (Å²) < 4.78 is 17.0. The van der Waals surface area contributed by atoms with Crippen LogP contribution in [0.2, 0.25) is 0 Å². The van der Waals surface area contributed by atoms with Crippen molar-refractivity contribution in [2.24, 2.45) is 0 Å². The average Bonchev–Trinajstić information content (AvgIpc) is 2.76. The largest absolute Gasteiger partial charge is 0.482 e. The zero-order valence-electron chi connectivity index (χ0n) is 15.5. The highest BCUT2D eigenvalue weighted by Gasteiger charge is 2.54. The molecule has 0 bridgehead atoms. The molecule has 1 aromatic rings. The van der Waals surface area contributed by atoms with Gasteiger partial charge in [-0.25, -0.2) is 0 Å². The van der Waals surface area contributed by atoms with Gasteiger partial charge in [0, 0.05) is 5.56 Å². The van der Waals surface area contributed by atoms with Crippen molar-refractivity contribution >= 4 is 19.0 Å². The van der Waals surface area contributed by atoms with Gasteiger partial charge in [0.05, 0.1) is 30.2 Å². The maximum absolute atomic E-state index is 12.5. The molecule has 136 valence electrons. The van der Waals surface area contributed by atoms with Gasteiger partial charge in [-0.05, 0) is 46.8 Å². The Bertz CT molecular complexity index is 601. The lowest BCUT2D eigenvalue weighted by atomic mass is 9.76. The Kier molecular flexibility index (Phi) is 5.90. The van der Waals surface area contributed by atoms with Crippen LogP contribution in [0.25, 0.3) is 0 Å². The summed E-state index contributed by atoms with van der Waals surface area (Å²) in [5.74, 6) is -1.34. The van der Waals surface area contributed by atoms with Crippen molar-refractivity contribution in [1.29, 1.82) is 0 Å². The van der Waals surface area contributed by atoms with Gasteiger partial charge >= 0.3 is 13.1 Å². The van der Waals surface area contributed by atoms with Crippen molar-refractivity contribution in [1.82, 2.24) is 5.32 Å². The normalized spacial score (nSPS) is 19.3. The van der Waals surface area contributed by atoms with Crippen molar-refractivity contribution in [2.45, 2.75) is 58.2 Å². The number of amides is 1. The van der Waals surface area contributed by atoms with Gasteiger partial charge in [-0.1, -0.05) is 18.2 Å². The average molecular weight is 347 g/mol. The minimum atomic E-state index is -0.734. The van der Waals surface area contributed by atoms with E-state index in [2.05, 4.69) is 5.32 Å². The summed E-state index contributed by atoms with van der Waals surface area (Å²) >= 11 is 0. The van der Waals surface area contributed by atoms with E-state index in [1.807, 2.05) is 33.8 Å². The number of ether oxygens (including phenoxy) is 1. The van der Waals surface area contributed by atoms with E-state index in [-0.39, 0.29) is 18.9 Å². The van der Waals surface area contributed by atoms with E-state index < -0.39 is 30.2 Å². The molecule has 0 aromatic heterocycles. The Balaban J connectivity index is 2.16. The summed E-state index contributed by atoms with van der Waals surface area (Å²) in [6.45, 7) is 9.72. The number of benzene rings is 1. The van der Waals surface area contributed by atoms with Crippen LogP contribution in [0.3, 0.4) is 0 Å². The van der Waals surface area contributed by atoms with Gasteiger partial charge in [0.2, 0.25) is 0 Å². The molecule has 1 heterocycles. The lowest BCUT2D eigenvalue weighted by Gasteiger charge is -2.32. The lowest BCUT2D eigenvalue weighted by molar-refractivity contribution is -0.143. The summed E-state index contributed by atoms with van der Waals surface area (Å²) in [7, 11) is -0.734. The lowest BCUT2D eigenvalue weighted by Crippen LogP contribution is -2.49. The molecule has 2 rings (SSSR count). The van der Waals surface area contributed by atoms with Crippen LogP contribution in [0.15, 0.2) is 30.3 Å². The minimum absolute atomic E-state index is 0.0246. The summed E-state index contributed by atoms with van der Waals surface area (Å²) in [5, 5.41) is 2.85. The molecule has 0 aliphatic carbocycles. The zero-order valence-corrected chi connectivity index (χ0v) is 15.5. The molecule has 25 heavy (non-hydrogen) atoms. The first kappa shape index (κ1) is 19.5. The molecular weight excluding hydrogens is 321 g/mol. The summed E-state index contributed by atoms with van der Waals surface area (Å²) in [6, 6.07) is 8.82. The number of hydrogen-bond donors (Lipinski definition) is 1. The van der Waals surface area contributed by atoms with Gasteiger partial charge in [-0.3, -0.25) is 9.59 Å². The Morgan fingerprint density at radius 2 is 1.68 bits per heavy atom. The Morgan fingerprint density at radius 1 is 1.12 bits per heavy atom. The molecule has 1 atom stereocenters. The fraction of sp³-hybridized carbons (Fsp3) is 0.556. The molecule has 0 unspecified atom stereocenters. The van der Waals surface area contributed by atoms with Gasteiger partial charge in [0.1, 0.15) is 0 Å². The zero-order chi connectivity index (χ0) is 18.7. The molecule has 0 spiro atoms. The van der Waals surface area contributed by atoms with E-state index in [0.29, 0.717) is 5.56 Å². The number of carbonyl (C=O) groups excluding carboxylic acids is 2. The van der Waals surface area contributed by atoms with Crippen LogP contribution in [-0.4, -0.2) is 42.7 Å². The summed E-state index contributed by atoms with van der Waals surface area (Å²) in [4.78, 5) is 24.5. The number of hydrogen-bond acceptors (Lipinski definition) is 5. The summed E-state index contributed by atoms with van der Waals surface area (Å²) in [6.07, 6.45) is -0.0246. The highest BCUT2D eigenvalue weighted by molar-refractivity contribution is 6.48. The second-order valence-electron chi connectivity index (χ2n) is 7.08. The molecule has 0 radical (unpaired) electrons. The molecule has 1 saturated heterocycles. The highest BCUT2D eigenvalue weighted by Crippen LogP contribution is 2.37. The van der Waals surface area contributed by atoms with Crippen LogP contribution in [0, 0.1) is 0 Å². The van der Waals surface area contributed by atoms with Gasteiger partial charge in [-0.2, -0.15) is 0 Å². The molecule has 1 fully saturated rings. The molecule has 1 aliphatic heterocycles. The molecule has 6 nitrogen and oxygen atoms in total. The third-order valence-electron chi connectivity index (χ3n) is 4.64. The van der Waals surface area contributed by atoms with E-state index in [1.165, 1.54) is 0 Å². The fourth-order valence-electron chi connectivity index (χ4n) is 2.51. The van der Waals surface area contributed by atoms with Gasteiger partial charge in [-0.15, -0.1) is 0 Å². The second kappa shape index (κ2) is 7.58. The topological polar surface area (TPSA) is 73.9 Å². The number of nitrogens with one attached hydrogen (secondary N) is 1. The maximum Gasteiger partial charge on any atom is 0.482 e. The van der Waals surface area contributed by atoms with Crippen LogP contribution in [0.1, 0.15) is 51.4 Å². The van der Waals surface area contributed by atoms with E-state index in [9.17, 15) is 9.59 Å². The van der Waals surface area contributed by atoms with E-state index in [0.717, 1.165) is 0 Å². The van der Waals surface area contributed by atoms with Crippen LogP contribution in [0.4, 0.5) is 0 Å². The fourth-order valence-corrected chi connectivity index (χ4v) is 2.51. The van der Waals surface area contributed by atoms with Crippen LogP contribution >= 0.6 is 0 Å². The van der Waals surface area contributed by atoms with E-state index >= 15 is 0 Å². The van der Waals surface area contributed by atoms with Gasteiger partial charge in [0.15, 0.2) is 0 Å².